The smallest absolute Gasteiger partial charge is 0.228 e. The molecule has 0 aliphatic carbocycles. The van der Waals surface area contributed by atoms with Gasteiger partial charge < -0.3 is 9.80 Å². The van der Waals surface area contributed by atoms with Crippen LogP contribution in [-0.2, 0) is 11.2 Å². The highest BCUT2D eigenvalue weighted by atomic mass is 16.2. The van der Waals surface area contributed by atoms with Crippen LogP contribution in [0, 0.1) is 11.3 Å². The molecule has 2 saturated heterocycles. The van der Waals surface area contributed by atoms with E-state index in [1.807, 2.05) is 12.3 Å². The van der Waals surface area contributed by atoms with E-state index < -0.39 is 0 Å². The zero-order valence-corrected chi connectivity index (χ0v) is 18.8. The molecule has 1 atom stereocenters. The van der Waals surface area contributed by atoms with Crippen molar-refractivity contribution in [3.63, 3.8) is 0 Å². The predicted octanol–water partition coefficient (Wildman–Crippen LogP) is 3.83. The lowest BCUT2D eigenvalue weighted by Crippen LogP contribution is -2.49. The molecule has 1 unspecified atom stereocenters. The molecule has 0 saturated carbocycles. The summed E-state index contributed by atoms with van der Waals surface area (Å²) in [6, 6.07) is 8.24. The van der Waals surface area contributed by atoms with Crippen LogP contribution in [0.2, 0.25) is 0 Å². The summed E-state index contributed by atoms with van der Waals surface area (Å²) in [5, 5.41) is 8.50. The number of likely N-dealkylation sites (tertiary alicyclic amines) is 1. The van der Waals surface area contributed by atoms with Gasteiger partial charge in [-0.05, 0) is 62.1 Å². The first kappa shape index (κ1) is 20.9. The molecule has 2 aliphatic heterocycles. The van der Waals surface area contributed by atoms with E-state index in [0.717, 1.165) is 69.7 Å². The van der Waals surface area contributed by atoms with Gasteiger partial charge in [-0.1, -0.05) is 19.1 Å². The van der Waals surface area contributed by atoms with E-state index in [-0.39, 0.29) is 5.41 Å². The monoisotopic (exact) mass is 432 g/mol. The van der Waals surface area contributed by atoms with Crippen LogP contribution >= 0.6 is 0 Å². The average Bonchev–Trinajstić information content (AvgIpc) is 3.20. The van der Waals surface area contributed by atoms with Crippen molar-refractivity contribution < 1.29 is 4.79 Å². The molecule has 168 valence electrons. The topological polar surface area (TPSA) is 78.0 Å². The van der Waals surface area contributed by atoms with E-state index in [1.165, 1.54) is 17.4 Å². The van der Waals surface area contributed by atoms with Gasteiger partial charge in [0.05, 0.1) is 11.7 Å². The Morgan fingerprint density at radius 2 is 1.91 bits per heavy atom. The maximum absolute atomic E-state index is 13.5. The number of rotatable bonds is 4. The number of anilines is 1. The van der Waals surface area contributed by atoms with Gasteiger partial charge in [-0.2, -0.15) is 5.10 Å². The molecule has 7 nitrogen and oxygen atoms in total. The second kappa shape index (κ2) is 8.88. The van der Waals surface area contributed by atoms with E-state index in [1.54, 1.807) is 12.4 Å². The van der Waals surface area contributed by atoms with Crippen molar-refractivity contribution in [1.82, 2.24) is 25.1 Å². The molecule has 3 aromatic rings. The van der Waals surface area contributed by atoms with E-state index in [4.69, 9.17) is 0 Å². The van der Waals surface area contributed by atoms with Crippen molar-refractivity contribution in [1.29, 1.82) is 0 Å². The SMILES string of the molecule is CC1(C(=O)N2CCCC(Cc3cccc4[nH]ncc34)CC2)CCN(c2ncccn2)CC1. The Morgan fingerprint density at radius 3 is 2.72 bits per heavy atom. The quantitative estimate of drug-likeness (QED) is 0.678. The van der Waals surface area contributed by atoms with E-state index in [2.05, 4.69) is 55.1 Å². The fraction of sp³-hybridized carbons (Fsp3) is 0.520. The van der Waals surface area contributed by atoms with Gasteiger partial charge >= 0.3 is 0 Å². The third-order valence-electron chi connectivity index (χ3n) is 7.44. The van der Waals surface area contributed by atoms with Crippen molar-refractivity contribution in [2.24, 2.45) is 11.3 Å². The Labute approximate surface area is 189 Å². The van der Waals surface area contributed by atoms with Crippen LogP contribution < -0.4 is 4.90 Å². The minimum atomic E-state index is -0.284. The van der Waals surface area contributed by atoms with E-state index in [0.29, 0.717) is 11.8 Å². The Kier molecular flexibility index (Phi) is 5.81. The van der Waals surface area contributed by atoms with Gasteiger partial charge in [0, 0.05) is 49.4 Å². The Hall–Kier alpha value is -2.96. The number of aromatic nitrogens is 4. The molecule has 0 spiro atoms. The third-order valence-corrected chi connectivity index (χ3v) is 7.44. The fourth-order valence-electron chi connectivity index (χ4n) is 5.34. The van der Waals surface area contributed by atoms with Crippen LogP contribution in [0.4, 0.5) is 5.95 Å². The second-order valence-corrected chi connectivity index (χ2v) is 9.64. The number of nitrogens with one attached hydrogen (secondary N) is 1. The summed E-state index contributed by atoms with van der Waals surface area (Å²) in [5.41, 5.74) is 2.18. The van der Waals surface area contributed by atoms with Crippen molar-refractivity contribution in [2.45, 2.75) is 45.4 Å². The highest BCUT2D eigenvalue weighted by molar-refractivity contribution is 5.83. The van der Waals surface area contributed by atoms with Gasteiger partial charge in [0.2, 0.25) is 11.9 Å². The van der Waals surface area contributed by atoms with Gasteiger partial charge in [-0.15, -0.1) is 0 Å². The molecule has 4 heterocycles. The van der Waals surface area contributed by atoms with Crippen LogP contribution in [0.3, 0.4) is 0 Å². The number of fused-ring (bicyclic) bond motifs is 1. The molecular weight excluding hydrogens is 400 g/mol. The van der Waals surface area contributed by atoms with Gasteiger partial charge in [0.1, 0.15) is 0 Å². The van der Waals surface area contributed by atoms with Crippen molar-refractivity contribution in [2.75, 3.05) is 31.1 Å². The molecule has 32 heavy (non-hydrogen) atoms. The van der Waals surface area contributed by atoms with Crippen molar-refractivity contribution in [3.05, 3.63) is 48.4 Å². The first-order valence-electron chi connectivity index (χ1n) is 11.8. The number of aromatic amines is 1. The Balaban J connectivity index is 1.19. The molecule has 2 fully saturated rings. The molecule has 1 amide bonds. The number of hydrogen-bond acceptors (Lipinski definition) is 5. The molecule has 1 aromatic carbocycles. The molecule has 7 heteroatoms. The highest BCUT2D eigenvalue weighted by Crippen LogP contribution is 2.35. The lowest BCUT2D eigenvalue weighted by molar-refractivity contribution is -0.142. The van der Waals surface area contributed by atoms with Crippen LogP contribution in [0.5, 0.6) is 0 Å². The first-order chi connectivity index (χ1) is 15.6. The zero-order chi connectivity index (χ0) is 22.0. The molecule has 2 aliphatic rings. The van der Waals surface area contributed by atoms with Crippen LogP contribution in [0.25, 0.3) is 10.9 Å². The minimum absolute atomic E-state index is 0.284. The summed E-state index contributed by atoms with van der Waals surface area (Å²) in [5.74, 6) is 1.72. The van der Waals surface area contributed by atoms with Crippen molar-refractivity contribution in [3.8, 4) is 0 Å². The molecule has 0 bridgehead atoms. The number of amides is 1. The third kappa shape index (κ3) is 4.20. The maximum Gasteiger partial charge on any atom is 0.228 e. The Morgan fingerprint density at radius 1 is 1.09 bits per heavy atom. The van der Waals surface area contributed by atoms with Gasteiger partial charge in [-0.25, -0.2) is 9.97 Å². The number of H-pyrrole nitrogens is 1. The summed E-state index contributed by atoms with van der Waals surface area (Å²) in [7, 11) is 0. The first-order valence-corrected chi connectivity index (χ1v) is 11.8. The lowest BCUT2D eigenvalue weighted by atomic mass is 9.79. The number of carbonyl (C=O) groups excluding carboxylic acids is 1. The fourth-order valence-corrected chi connectivity index (χ4v) is 5.34. The molecule has 2 aromatic heterocycles. The number of hydrogen-bond donors (Lipinski definition) is 1. The van der Waals surface area contributed by atoms with E-state index in [9.17, 15) is 4.79 Å². The lowest BCUT2D eigenvalue weighted by Gasteiger charge is -2.41. The van der Waals surface area contributed by atoms with Gasteiger partial charge in [-0.3, -0.25) is 9.89 Å². The number of carbonyl (C=O) groups is 1. The molecular formula is C25H32N6O. The maximum atomic E-state index is 13.5. The summed E-state index contributed by atoms with van der Waals surface area (Å²) in [6.45, 7) is 5.56. The predicted molar refractivity (Wildman–Crippen MR) is 125 cm³/mol. The standard InChI is InChI=1S/C25H32N6O/c1-25(9-15-31(16-10-25)24-26-11-4-12-27-24)23(32)30-13-3-5-19(8-14-30)17-20-6-2-7-22-21(20)18-28-29-22/h2,4,6-7,11-12,18-19H,3,5,8-10,13-17H2,1H3,(H,28,29). The summed E-state index contributed by atoms with van der Waals surface area (Å²) < 4.78 is 0. The summed E-state index contributed by atoms with van der Waals surface area (Å²) in [4.78, 5) is 26.6. The van der Waals surface area contributed by atoms with Crippen LogP contribution in [-0.4, -0.2) is 57.2 Å². The van der Waals surface area contributed by atoms with Crippen LogP contribution in [0.15, 0.2) is 42.9 Å². The normalized spacial score (nSPS) is 21.5. The average molecular weight is 433 g/mol. The summed E-state index contributed by atoms with van der Waals surface area (Å²) >= 11 is 0. The molecule has 0 radical (unpaired) electrons. The number of nitrogens with zero attached hydrogens (tertiary/aromatic N) is 5. The highest BCUT2D eigenvalue weighted by Gasteiger charge is 2.40. The minimum Gasteiger partial charge on any atom is -0.342 e. The zero-order valence-electron chi connectivity index (χ0n) is 18.8. The van der Waals surface area contributed by atoms with Gasteiger partial charge in [0.15, 0.2) is 0 Å². The molecule has 5 rings (SSSR count). The second-order valence-electron chi connectivity index (χ2n) is 9.64. The van der Waals surface area contributed by atoms with Gasteiger partial charge in [0.25, 0.3) is 0 Å². The summed E-state index contributed by atoms with van der Waals surface area (Å²) in [6.07, 6.45) is 11.6. The van der Waals surface area contributed by atoms with Crippen molar-refractivity contribution >= 4 is 22.8 Å². The number of piperidine rings is 1. The number of benzene rings is 1. The Bertz CT molecular complexity index is 1060. The van der Waals surface area contributed by atoms with E-state index >= 15 is 0 Å². The van der Waals surface area contributed by atoms with Crippen LogP contribution in [0.1, 0.15) is 44.6 Å². The molecule has 1 N–H and O–H groups in total. The largest absolute Gasteiger partial charge is 0.342 e.